The molecular weight excluding hydrogens is 433 g/mol. The third-order valence-corrected chi connectivity index (χ3v) is 6.91. The van der Waals surface area contributed by atoms with Gasteiger partial charge in [0.2, 0.25) is 11.8 Å². The molecule has 2 amide bonds. The molecule has 2 fully saturated rings. The fourth-order valence-electron chi connectivity index (χ4n) is 4.95. The Hall–Kier alpha value is -2.61. The van der Waals surface area contributed by atoms with Crippen LogP contribution in [0.5, 0.6) is 0 Å². The predicted molar refractivity (Wildman–Crippen MR) is 134 cm³/mol. The Morgan fingerprint density at radius 2 is 1.82 bits per heavy atom. The summed E-state index contributed by atoms with van der Waals surface area (Å²) >= 11 is 0. The van der Waals surface area contributed by atoms with Gasteiger partial charge in [-0.1, -0.05) is 32.1 Å². The maximum atomic E-state index is 13.7. The number of hydrogen-bond donors (Lipinski definition) is 2. The van der Waals surface area contributed by atoms with E-state index in [0.717, 1.165) is 51.6 Å². The van der Waals surface area contributed by atoms with Crippen LogP contribution >= 0.6 is 0 Å². The average Bonchev–Trinajstić information content (AvgIpc) is 2.81. The maximum absolute atomic E-state index is 13.7. The Morgan fingerprint density at radius 3 is 2.41 bits per heavy atom. The molecule has 1 saturated heterocycles. The standard InChI is InChI=1S/C26H38FN5O2/c1-19(33)29-24(21-9-11-22(27)12-10-21)30-23(17-20-7-5-4-6-8-20)25(34)31-26(18-28-2)13-15-32(3)16-14-26/h9-12,18,20,23H,4-8,13-17H2,1-3H3,(H,31,34)(H,29,30,33)/t23-/m0/s1. The van der Waals surface area contributed by atoms with Crippen LogP contribution in [0.3, 0.4) is 0 Å². The van der Waals surface area contributed by atoms with Crippen molar-refractivity contribution in [3.05, 3.63) is 35.6 Å². The summed E-state index contributed by atoms with van der Waals surface area (Å²) in [6.45, 7) is 3.14. The van der Waals surface area contributed by atoms with Crippen LogP contribution in [-0.4, -0.2) is 67.5 Å². The second-order valence-electron chi connectivity index (χ2n) is 9.76. The summed E-state index contributed by atoms with van der Waals surface area (Å²) < 4.78 is 13.5. The van der Waals surface area contributed by atoms with Gasteiger partial charge >= 0.3 is 0 Å². The van der Waals surface area contributed by atoms with Gasteiger partial charge in [0.15, 0.2) is 0 Å². The Balaban J connectivity index is 1.91. The van der Waals surface area contributed by atoms with Crippen LogP contribution in [0.4, 0.5) is 4.39 Å². The summed E-state index contributed by atoms with van der Waals surface area (Å²) in [7, 11) is 3.81. The number of likely N-dealkylation sites (tertiary alicyclic amines) is 1. The number of nitrogens with one attached hydrogen (secondary N) is 2. The second-order valence-corrected chi connectivity index (χ2v) is 9.76. The molecule has 0 unspecified atom stereocenters. The number of carbonyl (C=O) groups is 2. The third-order valence-electron chi connectivity index (χ3n) is 6.91. The average molecular weight is 472 g/mol. The highest BCUT2D eigenvalue weighted by Gasteiger charge is 2.36. The van der Waals surface area contributed by atoms with E-state index in [1.54, 1.807) is 19.2 Å². The third kappa shape index (κ3) is 7.45. The number of nitrogens with zero attached hydrogens (tertiary/aromatic N) is 3. The summed E-state index contributed by atoms with van der Waals surface area (Å²) in [6.07, 6.45) is 9.76. The molecule has 8 heteroatoms. The van der Waals surface area contributed by atoms with E-state index in [1.807, 2.05) is 6.21 Å². The molecule has 1 aliphatic carbocycles. The van der Waals surface area contributed by atoms with Crippen LogP contribution in [0.2, 0.25) is 0 Å². The quantitative estimate of drug-likeness (QED) is 0.472. The van der Waals surface area contributed by atoms with Crippen LogP contribution in [0, 0.1) is 11.7 Å². The molecule has 34 heavy (non-hydrogen) atoms. The molecule has 3 rings (SSSR count). The van der Waals surface area contributed by atoms with Gasteiger partial charge in [-0.3, -0.25) is 19.6 Å². The number of carbonyl (C=O) groups excluding carboxylic acids is 2. The van der Waals surface area contributed by atoms with Crippen molar-refractivity contribution >= 4 is 23.9 Å². The van der Waals surface area contributed by atoms with E-state index in [9.17, 15) is 14.0 Å². The zero-order chi connectivity index (χ0) is 24.6. The molecule has 1 aromatic carbocycles. The summed E-state index contributed by atoms with van der Waals surface area (Å²) in [4.78, 5) is 36.9. The van der Waals surface area contributed by atoms with E-state index in [1.165, 1.54) is 25.5 Å². The number of piperidine rings is 1. The molecule has 0 spiro atoms. The van der Waals surface area contributed by atoms with Crippen molar-refractivity contribution in [2.45, 2.75) is 69.9 Å². The highest BCUT2D eigenvalue weighted by atomic mass is 19.1. The fourth-order valence-corrected chi connectivity index (χ4v) is 4.95. The lowest BCUT2D eigenvalue weighted by molar-refractivity contribution is -0.124. The first-order valence-electron chi connectivity index (χ1n) is 12.4. The molecule has 1 aliphatic heterocycles. The normalized spacial score (nSPS) is 20.8. The molecule has 1 saturated carbocycles. The first kappa shape index (κ1) is 26.0. The van der Waals surface area contributed by atoms with Gasteiger partial charge in [-0.25, -0.2) is 4.39 Å². The van der Waals surface area contributed by atoms with Crippen LogP contribution in [0.15, 0.2) is 34.3 Å². The van der Waals surface area contributed by atoms with Crippen LogP contribution in [-0.2, 0) is 9.59 Å². The Morgan fingerprint density at radius 1 is 1.18 bits per heavy atom. The van der Waals surface area contributed by atoms with Gasteiger partial charge in [0, 0.05) is 38.8 Å². The lowest BCUT2D eigenvalue weighted by atomic mass is 9.84. The molecule has 7 nitrogen and oxygen atoms in total. The molecule has 2 aliphatic rings. The molecule has 1 atom stereocenters. The number of amides is 2. The summed E-state index contributed by atoms with van der Waals surface area (Å²) in [6, 6.07) is 5.14. The van der Waals surface area contributed by atoms with Crippen molar-refractivity contribution in [2.75, 3.05) is 27.2 Å². The highest BCUT2D eigenvalue weighted by molar-refractivity contribution is 6.08. The summed E-state index contributed by atoms with van der Waals surface area (Å²) in [5.74, 6) is -0.103. The van der Waals surface area contributed by atoms with Crippen LogP contribution in [0.1, 0.15) is 63.9 Å². The van der Waals surface area contributed by atoms with Gasteiger partial charge in [-0.05, 0) is 56.5 Å². The summed E-state index contributed by atoms with van der Waals surface area (Å²) in [5, 5.41) is 6.03. The fraction of sp³-hybridized carbons (Fsp3) is 0.615. The number of halogens is 1. The van der Waals surface area contributed by atoms with Crippen molar-refractivity contribution in [3.8, 4) is 0 Å². The first-order chi connectivity index (χ1) is 16.3. The van der Waals surface area contributed by atoms with Gasteiger partial charge in [-0.2, -0.15) is 0 Å². The lowest BCUT2D eigenvalue weighted by Crippen LogP contribution is -2.58. The lowest BCUT2D eigenvalue weighted by Gasteiger charge is -2.39. The van der Waals surface area contributed by atoms with E-state index in [0.29, 0.717) is 23.7 Å². The van der Waals surface area contributed by atoms with Crippen LogP contribution in [0.25, 0.3) is 0 Å². The van der Waals surface area contributed by atoms with Crippen molar-refractivity contribution in [3.63, 3.8) is 0 Å². The largest absolute Gasteiger partial charge is 0.344 e. The zero-order valence-corrected chi connectivity index (χ0v) is 20.6. The van der Waals surface area contributed by atoms with E-state index < -0.39 is 11.6 Å². The SMILES string of the molecule is CN=CC1(NC(=O)[C@H](CC2CCCCC2)N=C(NC(C)=O)c2ccc(F)cc2)CCN(C)CC1. The predicted octanol–water partition coefficient (Wildman–Crippen LogP) is 3.33. The number of rotatable bonds is 7. The molecule has 1 heterocycles. The molecule has 2 N–H and O–H groups in total. The smallest absolute Gasteiger partial charge is 0.245 e. The van der Waals surface area contributed by atoms with E-state index in [4.69, 9.17) is 4.99 Å². The molecule has 186 valence electrons. The Labute approximate surface area is 202 Å². The van der Waals surface area contributed by atoms with E-state index in [-0.39, 0.29) is 17.6 Å². The van der Waals surface area contributed by atoms with Gasteiger partial charge < -0.3 is 15.5 Å². The number of aliphatic imine (C=N–C) groups is 2. The van der Waals surface area contributed by atoms with Crippen molar-refractivity contribution in [1.29, 1.82) is 0 Å². The Bertz CT molecular complexity index is 885. The number of benzene rings is 1. The van der Waals surface area contributed by atoms with Gasteiger partial charge in [0.1, 0.15) is 17.7 Å². The molecule has 1 aromatic rings. The van der Waals surface area contributed by atoms with Gasteiger partial charge in [-0.15, -0.1) is 0 Å². The van der Waals surface area contributed by atoms with E-state index in [2.05, 4.69) is 27.6 Å². The molecular formula is C26H38FN5O2. The monoisotopic (exact) mass is 471 g/mol. The highest BCUT2D eigenvalue weighted by Crippen LogP contribution is 2.29. The second kappa shape index (κ2) is 12.2. The van der Waals surface area contributed by atoms with Gasteiger partial charge in [0.05, 0.1) is 5.54 Å². The van der Waals surface area contributed by atoms with Crippen molar-refractivity contribution < 1.29 is 14.0 Å². The minimum Gasteiger partial charge on any atom is -0.344 e. The Kier molecular flexibility index (Phi) is 9.33. The van der Waals surface area contributed by atoms with Crippen molar-refractivity contribution in [2.24, 2.45) is 15.9 Å². The number of hydrogen-bond acceptors (Lipinski definition) is 5. The molecule has 0 aromatic heterocycles. The molecule has 0 radical (unpaired) electrons. The minimum absolute atomic E-state index is 0.153. The van der Waals surface area contributed by atoms with E-state index >= 15 is 0 Å². The molecule has 0 bridgehead atoms. The summed E-state index contributed by atoms with van der Waals surface area (Å²) in [5.41, 5.74) is 0.0742. The zero-order valence-electron chi connectivity index (χ0n) is 20.6. The first-order valence-corrected chi connectivity index (χ1v) is 12.4. The van der Waals surface area contributed by atoms with Crippen molar-refractivity contribution in [1.82, 2.24) is 15.5 Å². The topological polar surface area (TPSA) is 86.2 Å². The van der Waals surface area contributed by atoms with Gasteiger partial charge in [0.25, 0.3) is 0 Å². The number of amidine groups is 1. The minimum atomic E-state index is -0.656. The maximum Gasteiger partial charge on any atom is 0.245 e. The van der Waals surface area contributed by atoms with Crippen LogP contribution < -0.4 is 10.6 Å².